The molecule has 1 saturated heterocycles. The van der Waals surface area contributed by atoms with Gasteiger partial charge in [-0.2, -0.15) is 4.31 Å². The lowest BCUT2D eigenvalue weighted by Gasteiger charge is -2.33. The standard InChI is InChI=1S/C24H27N5O3S2/c1-27-22(18-21-10-6-3-7-11-21)25-26-24(27)33-19-23(30)28-13-15-29(16-14-28)34(31,32)17-12-20-8-4-2-5-9-20/h2-12,17H,13-16,18-19H2,1H3/b17-12+. The highest BCUT2D eigenvalue weighted by Crippen LogP contribution is 2.19. The van der Waals surface area contributed by atoms with Gasteiger partial charge in [-0.1, -0.05) is 72.4 Å². The predicted octanol–water partition coefficient (Wildman–Crippen LogP) is 2.64. The largest absolute Gasteiger partial charge is 0.339 e. The number of nitrogens with zero attached hydrogens (tertiary/aromatic N) is 5. The van der Waals surface area contributed by atoms with Gasteiger partial charge in [0.1, 0.15) is 5.82 Å². The molecule has 2 aromatic carbocycles. The number of sulfonamides is 1. The Morgan fingerprint density at radius 3 is 2.29 bits per heavy atom. The molecule has 34 heavy (non-hydrogen) atoms. The molecule has 3 aromatic rings. The molecule has 1 fully saturated rings. The smallest absolute Gasteiger partial charge is 0.236 e. The normalized spacial score (nSPS) is 15.1. The number of hydrogen-bond acceptors (Lipinski definition) is 6. The lowest BCUT2D eigenvalue weighted by Crippen LogP contribution is -2.50. The van der Waals surface area contributed by atoms with Crippen molar-refractivity contribution in [3.8, 4) is 0 Å². The highest BCUT2D eigenvalue weighted by Gasteiger charge is 2.27. The lowest BCUT2D eigenvalue weighted by atomic mass is 10.1. The van der Waals surface area contributed by atoms with Crippen LogP contribution in [-0.2, 0) is 28.3 Å². The molecule has 1 amide bonds. The van der Waals surface area contributed by atoms with Crippen LogP contribution < -0.4 is 0 Å². The van der Waals surface area contributed by atoms with E-state index in [1.807, 2.05) is 72.3 Å². The van der Waals surface area contributed by atoms with Gasteiger partial charge in [-0.3, -0.25) is 4.79 Å². The maximum Gasteiger partial charge on any atom is 0.236 e. The van der Waals surface area contributed by atoms with Crippen LogP contribution in [-0.4, -0.2) is 70.2 Å². The number of carbonyl (C=O) groups excluding carboxylic acids is 1. The van der Waals surface area contributed by atoms with Crippen LogP contribution >= 0.6 is 11.8 Å². The van der Waals surface area contributed by atoms with Crippen LogP contribution in [0, 0.1) is 0 Å². The first kappa shape index (κ1) is 24.2. The Morgan fingerprint density at radius 1 is 0.971 bits per heavy atom. The fraction of sp³-hybridized carbons (Fsp3) is 0.292. The zero-order valence-corrected chi connectivity index (χ0v) is 20.6. The first-order chi connectivity index (χ1) is 16.4. The van der Waals surface area contributed by atoms with Crippen molar-refractivity contribution in [1.82, 2.24) is 24.0 Å². The van der Waals surface area contributed by atoms with Gasteiger partial charge in [0.25, 0.3) is 0 Å². The minimum atomic E-state index is -3.53. The molecule has 10 heteroatoms. The summed E-state index contributed by atoms with van der Waals surface area (Å²) in [5.74, 6) is 1.04. The van der Waals surface area contributed by atoms with Crippen molar-refractivity contribution < 1.29 is 13.2 Å². The van der Waals surface area contributed by atoms with E-state index in [0.29, 0.717) is 24.7 Å². The van der Waals surface area contributed by atoms with Crippen LogP contribution in [0.5, 0.6) is 0 Å². The topological polar surface area (TPSA) is 88.4 Å². The Kier molecular flexibility index (Phi) is 7.81. The van der Waals surface area contributed by atoms with Gasteiger partial charge in [0.15, 0.2) is 5.16 Å². The lowest BCUT2D eigenvalue weighted by molar-refractivity contribution is -0.129. The summed E-state index contributed by atoms with van der Waals surface area (Å²) in [5, 5.41) is 10.4. The maximum atomic E-state index is 12.7. The highest BCUT2D eigenvalue weighted by molar-refractivity contribution is 7.99. The van der Waals surface area contributed by atoms with Crippen LogP contribution in [0.4, 0.5) is 0 Å². The number of piperazine rings is 1. The van der Waals surface area contributed by atoms with Crippen LogP contribution in [0.25, 0.3) is 6.08 Å². The molecule has 4 rings (SSSR count). The molecule has 0 aliphatic carbocycles. The van der Waals surface area contributed by atoms with Crippen LogP contribution in [0.1, 0.15) is 17.0 Å². The summed E-state index contributed by atoms with van der Waals surface area (Å²) in [6, 6.07) is 19.3. The fourth-order valence-corrected chi connectivity index (χ4v) is 5.63. The van der Waals surface area contributed by atoms with Gasteiger partial charge in [-0.05, 0) is 17.2 Å². The SMILES string of the molecule is Cn1c(Cc2ccccc2)nnc1SCC(=O)N1CCN(S(=O)(=O)/C=C/c2ccccc2)CC1. The Morgan fingerprint density at radius 2 is 1.62 bits per heavy atom. The predicted molar refractivity (Wildman–Crippen MR) is 134 cm³/mol. The Balaban J connectivity index is 1.27. The van der Waals surface area contributed by atoms with Crippen LogP contribution in [0.3, 0.4) is 0 Å². The van der Waals surface area contributed by atoms with Crippen LogP contribution in [0.2, 0.25) is 0 Å². The van der Waals surface area contributed by atoms with Crippen molar-refractivity contribution in [3.63, 3.8) is 0 Å². The summed E-state index contributed by atoms with van der Waals surface area (Å²) < 4.78 is 28.6. The molecule has 0 atom stereocenters. The van der Waals surface area contributed by atoms with Gasteiger partial charge >= 0.3 is 0 Å². The molecule has 2 heterocycles. The second kappa shape index (κ2) is 11.0. The second-order valence-electron chi connectivity index (χ2n) is 7.95. The first-order valence-corrected chi connectivity index (χ1v) is 13.5. The third kappa shape index (κ3) is 6.13. The van der Waals surface area contributed by atoms with Gasteiger partial charge in [-0.25, -0.2) is 8.42 Å². The van der Waals surface area contributed by atoms with Gasteiger partial charge < -0.3 is 9.47 Å². The quantitative estimate of drug-likeness (QED) is 0.445. The Labute approximate surface area is 204 Å². The Hall–Kier alpha value is -2.95. The van der Waals surface area contributed by atoms with E-state index in [-0.39, 0.29) is 24.7 Å². The molecule has 1 aromatic heterocycles. The number of hydrogen-bond donors (Lipinski definition) is 0. The number of amides is 1. The second-order valence-corrected chi connectivity index (χ2v) is 10.7. The van der Waals surface area contributed by atoms with E-state index >= 15 is 0 Å². The number of rotatable bonds is 8. The average Bonchev–Trinajstić information content (AvgIpc) is 3.21. The molecular weight excluding hydrogens is 470 g/mol. The molecule has 8 nitrogen and oxygen atoms in total. The van der Waals surface area contributed by atoms with Crippen molar-refractivity contribution in [2.75, 3.05) is 31.9 Å². The first-order valence-electron chi connectivity index (χ1n) is 11.0. The summed E-state index contributed by atoms with van der Waals surface area (Å²) in [6.07, 6.45) is 2.27. The molecule has 1 aliphatic rings. The monoisotopic (exact) mass is 497 g/mol. The zero-order valence-electron chi connectivity index (χ0n) is 18.9. The summed E-state index contributed by atoms with van der Waals surface area (Å²) in [6.45, 7) is 1.30. The van der Waals surface area contributed by atoms with E-state index in [2.05, 4.69) is 10.2 Å². The van der Waals surface area contributed by atoms with E-state index in [1.54, 1.807) is 11.0 Å². The van der Waals surface area contributed by atoms with Crippen molar-refractivity contribution in [3.05, 3.63) is 83.0 Å². The van der Waals surface area contributed by atoms with E-state index in [9.17, 15) is 13.2 Å². The maximum absolute atomic E-state index is 12.7. The summed E-state index contributed by atoms with van der Waals surface area (Å²) in [4.78, 5) is 14.4. The molecule has 0 spiro atoms. The molecule has 0 N–H and O–H groups in total. The van der Waals surface area contributed by atoms with Crippen LogP contribution in [0.15, 0.2) is 71.2 Å². The molecule has 0 saturated carbocycles. The summed E-state index contributed by atoms with van der Waals surface area (Å²) in [7, 11) is -1.63. The van der Waals surface area contributed by atoms with Gasteiger partial charge in [-0.15, -0.1) is 10.2 Å². The molecule has 0 bridgehead atoms. The average molecular weight is 498 g/mol. The Bertz CT molecular complexity index is 1240. The highest BCUT2D eigenvalue weighted by atomic mass is 32.2. The van der Waals surface area contributed by atoms with E-state index in [4.69, 9.17) is 0 Å². The summed E-state index contributed by atoms with van der Waals surface area (Å²) >= 11 is 1.35. The van der Waals surface area contributed by atoms with Crippen molar-refractivity contribution in [2.24, 2.45) is 7.05 Å². The molecular formula is C24H27N5O3S2. The van der Waals surface area contributed by atoms with Crippen molar-refractivity contribution >= 4 is 33.8 Å². The molecule has 0 unspecified atom stereocenters. The van der Waals surface area contributed by atoms with E-state index in [0.717, 1.165) is 17.0 Å². The zero-order chi connectivity index (χ0) is 24.0. The van der Waals surface area contributed by atoms with E-state index in [1.165, 1.54) is 21.5 Å². The minimum absolute atomic E-state index is 0.0329. The third-order valence-corrected chi connectivity index (χ3v) is 8.21. The molecule has 0 radical (unpaired) electrons. The fourth-order valence-electron chi connectivity index (χ4n) is 3.63. The van der Waals surface area contributed by atoms with Gasteiger partial charge in [0.05, 0.1) is 5.75 Å². The van der Waals surface area contributed by atoms with Crippen molar-refractivity contribution in [2.45, 2.75) is 11.6 Å². The van der Waals surface area contributed by atoms with Gasteiger partial charge in [0, 0.05) is 45.1 Å². The third-order valence-electron chi connectivity index (χ3n) is 5.64. The number of aromatic nitrogens is 3. The minimum Gasteiger partial charge on any atom is -0.339 e. The number of carbonyl (C=O) groups is 1. The van der Waals surface area contributed by atoms with Crippen molar-refractivity contribution in [1.29, 1.82) is 0 Å². The number of thioether (sulfide) groups is 1. The number of benzene rings is 2. The molecule has 178 valence electrons. The van der Waals surface area contributed by atoms with Gasteiger partial charge in [0.2, 0.25) is 15.9 Å². The molecule has 1 aliphatic heterocycles. The summed E-state index contributed by atoms with van der Waals surface area (Å²) in [5.41, 5.74) is 1.98. The van der Waals surface area contributed by atoms with E-state index < -0.39 is 10.0 Å².